The number of aromatic nitrogens is 1. The molecule has 1 heterocycles. The second-order valence-electron chi connectivity index (χ2n) is 4.47. The molecule has 1 N–H and O–H groups in total. The Bertz CT molecular complexity index is 231. The minimum atomic E-state index is 0.358. The Kier molecular flexibility index (Phi) is 7.87. The van der Waals surface area contributed by atoms with Gasteiger partial charge >= 0.3 is 0 Å². The van der Waals surface area contributed by atoms with Gasteiger partial charge in [0.05, 0.1) is 0 Å². The SMILES string of the molecule is OCCCCCCCCCCn1cccc1. The lowest BCUT2D eigenvalue weighted by molar-refractivity contribution is 0.282. The smallest absolute Gasteiger partial charge is 0.0431 e. The molecule has 0 unspecified atom stereocenters. The summed E-state index contributed by atoms with van der Waals surface area (Å²) in [5, 5.41) is 8.63. The van der Waals surface area contributed by atoms with Crippen LogP contribution in [0.2, 0.25) is 0 Å². The summed E-state index contributed by atoms with van der Waals surface area (Å²) in [6.07, 6.45) is 14.4. The molecule has 92 valence electrons. The molecule has 1 aromatic rings. The maximum atomic E-state index is 8.63. The quantitative estimate of drug-likeness (QED) is 0.602. The minimum absolute atomic E-state index is 0.358. The Morgan fingerprint density at radius 2 is 1.19 bits per heavy atom. The van der Waals surface area contributed by atoms with Crippen molar-refractivity contribution >= 4 is 0 Å². The summed E-state index contributed by atoms with van der Waals surface area (Å²) in [6, 6.07) is 4.17. The summed E-state index contributed by atoms with van der Waals surface area (Å²) < 4.78 is 2.25. The Labute approximate surface area is 99.3 Å². The summed E-state index contributed by atoms with van der Waals surface area (Å²) in [5.74, 6) is 0. The van der Waals surface area contributed by atoms with Crippen LogP contribution in [0.4, 0.5) is 0 Å². The summed E-state index contributed by atoms with van der Waals surface area (Å²) in [4.78, 5) is 0. The fourth-order valence-electron chi connectivity index (χ4n) is 1.99. The van der Waals surface area contributed by atoms with Crippen LogP contribution in [0.15, 0.2) is 24.5 Å². The maximum absolute atomic E-state index is 8.63. The molecule has 0 saturated carbocycles. The zero-order valence-corrected chi connectivity index (χ0v) is 10.3. The normalized spacial score (nSPS) is 10.8. The standard InChI is InChI=1S/C14H25NO/c16-14-10-6-4-2-1-3-5-7-11-15-12-8-9-13-15/h8-9,12-13,16H,1-7,10-11,14H2. The molecule has 0 aliphatic carbocycles. The first-order valence-corrected chi connectivity index (χ1v) is 6.65. The first-order chi connectivity index (χ1) is 7.93. The molecular formula is C14H25NO. The van der Waals surface area contributed by atoms with Crippen LogP contribution in [0.5, 0.6) is 0 Å². The van der Waals surface area contributed by atoms with Crippen molar-refractivity contribution in [2.45, 2.75) is 57.9 Å². The van der Waals surface area contributed by atoms with Gasteiger partial charge in [0.2, 0.25) is 0 Å². The maximum Gasteiger partial charge on any atom is 0.0431 e. The highest BCUT2D eigenvalue weighted by atomic mass is 16.2. The molecule has 0 aliphatic rings. The van der Waals surface area contributed by atoms with Crippen molar-refractivity contribution in [2.24, 2.45) is 0 Å². The zero-order chi connectivity index (χ0) is 11.5. The first kappa shape index (κ1) is 13.3. The van der Waals surface area contributed by atoms with E-state index in [0.29, 0.717) is 6.61 Å². The Balaban J connectivity index is 1.78. The van der Waals surface area contributed by atoms with E-state index >= 15 is 0 Å². The molecule has 0 amide bonds. The lowest BCUT2D eigenvalue weighted by atomic mass is 10.1. The van der Waals surface area contributed by atoms with Crippen LogP contribution >= 0.6 is 0 Å². The highest BCUT2D eigenvalue weighted by Crippen LogP contribution is 2.09. The Morgan fingerprint density at radius 1 is 0.688 bits per heavy atom. The van der Waals surface area contributed by atoms with Gasteiger partial charge in [-0.2, -0.15) is 0 Å². The molecule has 0 spiro atoms. The van der Waals surface area contributed by atoms with E-state index in [1.807, 2.05) is 0 Å². The number of unbranched alkanes of at least 4 members (excludes halogenated alkanes) is 7. The molecule has 0 aliphatic heterocycles. The average molecular weight is 223 g/mol. The number of aryl methyl sites for hydroxylation is 1. The van der Waals surface area contributed by atoms with Gasteiger partial charge < -0.3 is 9.67 Å². The lowest BCUT2D eigenvalue weighted by Crippen LogP contribution is -1.93. The van der Waals surface area contributed by atoms with Crippen molar-refractivity contribution in [1.29, 1.82) is 0 Å². The van der Waals surface area contributed by atoms with E-state index in [-0.39, 0.29) is 0 Å². The van der Waals surface area contributed by atoms with Crippen LogP contribution in [-0.2, 0) is 6.54 Å². The molecule has 1 rings (SSSR count). The van der Waals surface area contributed by atoms with E-state index in [1.54, 1.807) is 0 Å². The van der Waals surface area contributed by atoms with E-state index in [0.717, 1.165) is 13.0 Å². The fraction of sp³-hybridized carbons (Fsp3) is 0.714. The summed E-state index contributed by atoms with van der Waals surface area (Å²) >= 11 is 0. The molecule has 0 fully saturated rings. The molecule has 2 nitrogen and oxygen atoms in total. The minimum Gasteiger partial charge on any atom is -0.396 e. The third-order valence-corrected chi connectivity index (χ3v) is 2.99. The number of hydrogen-bond acceptors (Lipinski definition) is 1. The summed E-state index contributed by atoms with van der Waals surface area (Å²) in [6.45, 7) is 1.52. The first-order valence-electron chi connectivity index (χ1n) is 6.65. The van der Waals surface area contributed by atoms with E-state index in [4.69, 9.17) is 5.11 Å². The number of aliphatic hydroxyl groups is 1. The van der Waals surface area contributed by atoms with E-state index < -0.39 is 0 Å². The monoisotopic (exact) mass is 223 g/mol. The van der Waals surface area contributed by atoms with E-state index in [1.165, 1.54) is 44.9 Å². The number of rotatable bonds is 10. The fourth-order valence-corrected chi connectivity index (χ4v) is 1.99. The van der Waals surface area contributed by atoms with Crippen LogP contribution in [0, 0.1) is 0 Å². The van der Waals surface area contributed by atoms with Crippen LogP contribution < -0.4 is 0 Å². The highest BCUT2D eigenvalue weighted by molar-refractivity contribution is 4.89. The third-order valence-electron chi connectivity index (χ3n) is 2.99. The molecule has 0 radical (unpaired) electrons. The predicted octanol–water partition coefficient (Wildman–Crippen LogP) is 3.60. The van der Waals surface area contributed by atoms with Crippen molar-refractivity contribution in [3.63, 3.8) is 0 Å². The van der Waals surface area contributed by atoms with Gasteiger partial charge in [-0.1, -0.05) is 38.5 Å². The second-order valence-corrected chi connectivity index (χ2v) is 4.47. The molecular weight excluding hydrogens is 198 g/mol. The van der Waals surface area contributed by atoms with Crippen LogP contribution in [0.25, 0.3) is 0 Å². The highest BCUT2D eigenvalue weighted by Gasteiger charge is 1.92. The van der Waals surface area contributed by atoms with Crippen molar-refractivity contribution in [3.05, 3.63) is 24.5 Å². The van der Waals surface area contributed by atoms with Crippen molar-refractivity contribution in [2.75, 3.05) is 6.61 Å². The van der Waals surface area contributed by atoms with Crippen molar-refractivity contribution in [3.8, 4) is 0 Å². The zero-order valence-electron chi connectivity index (χ0n) is 10.3. The molecule has 16 heavy (non-hydrogen) atoms. The molecule has 1 aromatic heterocycles. The second kappa shape index (κ2) is 9.46. The van der Waals surface area contributed by atoms with Gasteiger partial charge in [-0.05, 0) is 25.0 Å². The van der Waals surface area contributed by atoms with Gasteiger partial charge in [-0.15, -0.1) is 0 Å². The van der Waals surface area contributed by atoms with E-state index in [9.17, 15) is 0 Å². The van der Waals surface area contributed by atoms with Gasteiger partial charge in [-0.3, -0.25) is 0 Å². The topological polar surface area (TPSA) is 25.2 Å². The number of nitrogens with zero attached hydrogens (tertiary/aromatic N) is 1. The molecule has 0 aromatic carbocycles. The van der Waals surface area contributed by atoms with Crippen molar-refractivity contribution in [1.82, 2.24) is 4.57 Å². The molecule has 2 heteroatoms. The van der Waals surface area contributed by atoms with Gasteiger partial charge in [0, 0.05) is 25.5 Å². The van der Waals surface area contributed by atoms with E-state index in [2.05, 4.69) is 29.1 Å². The predicted molar refractivity (Wildman–Crippen MR) is 68.5 cm³/mol. The molecule has 0 saturated heterocycles. The number of aliphatic hydroxyl groups excluding tert-OH is 1. The van der Waals surface area contributed by atoms with Crippen LogP contribution in [0.3, 0.4) is 0 Å². The van der Waals surface area contributed by atoms with Gasteiger partial charge in [-0.25, -0.2) is 0 Å². The summed E-state index contributed by atoms with van der Waals surface area (Å²) in [7, 11) is 0. The van der Waals surface area contributed by atoms with Gasteiger partial charge in [0.25, 0.3) is 0 Å². The number of hydrogen-bond donors (Lipinski definition) is 1. The average Bonchev–Trinajstić information content (AvgIpc) is 2.80. The van der Waals surface area contributed by atoms with Gasteiger partial charge in [0.15, 0.2) is 0 Å². The third kappa shape index (κ3) is 6.67. The molecule has 0 atom stereocenters. The van der Waals surface area contributed by atoms with Crippen LogP contribution in [0.1, 0.15) is 51.4 Å². The largest absolute Gasteiger partial charge is 0.396 e. The Hall–Kier alpha value is -0.760. The summed E-state index contributed by atoms with van der Waals surface area (Å²) in [5.41, 5.74) is 0. The lowest BCUT2D eigenvalue weighted by Gasteiger charge is -2.03. The Morgan fingerprint density at radius 3 is 1.75 bits per heavy atom. The van der Waals surface area contributed by atoms with Gasteiger partial charge in [0.1, 0.15) is 0 Å². The van der Waals surface area contributed by atoms with Crippen LogP contribution in [-0.4, -0.2) is 16.3 Å². The van der Waals surface area contributed by atoms with Crippen molar-refractivity contribution < 1.29 is 5.11 Å². The molecule has 0 bridgehead atoms.